The largest absolute Gasteiger partial charge is 0.453 e. The molecule has 1 saturated heterocycles. The Labute approximate surface area is 131 Å². The molecule has 2 atom stereocenters. The Kier molecular flexibility index (Phi) is 2.11. The van der Waals surface area contributed by atoms with Gasteiger partial charge in [-0.25, -0.2) is 4.74 Å². The molecule has 5 heterocycles. The number of benzene rings is 1. The van der Waals surface area contributed by atoms with Gasteiger partial charge in [-0.05, 0) is 37.5 Å². The van der Waals surface area contributed by atoms with E-state index in [1.807, 2.05) is 32.9 Å². The zero-order valence-corrected chi connectivity index (χ0v) is 12.7. The van der Waals surface area contributed by atoms with Gasteiger partial charge in [-0.1, -0.05) is 17.7 Å². The van der Waals surface area contributed by atoms with Crippen molar-refractivity contribution in [3.8, 4) is 18.0 Å². The van der Waals surface area contributed by atoms with E-state index < -0.39 is 17.9 Å². The summed E-state index contributed by atoms with van der Waals surface area (Å²) in [5, 5.41) is 11.0. The summed E-state index contributed by atoms with van der Waals surface area (Å²) in [5.41, 5.74) is 3.66. The quantitative estimate of drug-likeness (QED) is 0.822. The summed E-state index contributed by atoms with van der Waals surface area (Å²) in [4.78, 5) is 11.9. The van der Waals surface area contributed by atoms with Crippen LogP contribution in [0.25, 0.3) is 0 Å². The second-order valence-electron chi connectivity index (χ2n) is 6.03. The van der Waals surface area contributed by atoms with Gasteiger partial charge < -0.3 is 19.3 Å². The van der Waals surface area contributed by atoms with Crippen molar-refractivity contribution in [3.63, 3.8) is 0 Å². The molecule has 4 aliphatic heterocycles. The molecule has 6 rings (SSSR count). The SMILES string of the molecule is Cc1cc(C)c(C(O)[C@]23Oc4nc5nc(n4)OC2(O5)O3)c(C)c1. The second-order valence-corrected chi connectivity index (χ2v) is 6.03. The lowest BCUT2D eigenvalue weighted by molar-refractivity contribution is -0.139. The first-order valence-electron chi connectivity index (χ1n) is 7.21. The van der Waals surface area contributed by atoms with Gasteiger partial charge in [-0.3, -0.25) is 0 Å². The number of hydrogen-bond acceptors (Lipinski definition) is 8. The molecule has 8 heteroatoms. The Morgan fingerprint density at radius 1 is 0.913 bits per heavy atom. The molecule has 0 aliphatic carbocycles. The topological polar surface area (TPSA) is 99.1 Å². The monoisotopic (exact) mass is 315 g/mol. The number of hydrogen-bond donors (Lipinski definition) is 1. The number of nitrogens with zero attached hydrogens (tertiary/aromatic N) is 3. The molecule has 0 saturated carbocycles. The first-order chi connectivity index (χ1) is 10.9. The van der Waals surface area contributed by atoms with E-state index in [0.29, 0.717) is 5.56 Å². The maximum absolute atomic E-state index is 11.0. The van der Waals surface area contributed by atoms with E-state index in [1.165, 1.54) is 0 Å². The van der Waals surface area contributed by atoms with E-state index in [2.05, 4.69) is 15.0 Å². The van der Waals surface area contributed by atoms with Crippen molar-refractivity contribution >= 4 is 0 Å². The molecule has 8 nitrogen and oxygen atoms in total. The van der Waals surface area contributed by atoms with Gasteiger partial charge in [0.05, 0.1) is 0 Å². The molecule has 23 heavy (non-hydrogen) atoms. The van der Waals surface area contributed by atoms with Gasteiger partial charge in [-0.2, -0.15) is 0 Å². The average molecular weight is 315 g/mol. The van der Waals surface area contributed by atoms with Gasteiger partial charge in [0.1, 0.15) is 0 Å². The van der Waals surface area contributed by atoms with Crippen molar-refractivity contribution in [3.05, 3.63) is 34.4 Å². The van der Waals surface area contributed by atoms with E-state index >= 15 is 0 Å². The fourth-order valence-corrected chi connectivity index (χ4v) is 3.39. The highest BCUT2D eigenvalue weighted by Crippen LogP contribution is 2.60. The molecule has 118 valence electrons. The third kappa shape index (κ3) is 1.49. The molecule has 1 unspecified atom stereocenters. The summed E-state index contributed by atoms with van der Waals surface area (Å²) in [6, 6.07) is 4.09. The van der Waals surface area contributed by atoms with E-state index in [1.54, 1.807) is 0 Å². The van der Waals surface area contributed by atoms with Crippen LogP contribution in [0.15, 0.2) is 12.1 Å². The van der Waals surface area contributed by atoms with Crippen LogP contribution in [0, 0.1) is 20.8 Å². The van der Waals surface area contributed by atoms with Crippen LogP contribution in [0.5, 0.6) is 18.0 Å². The smallest absolute Gasteiger partial charge is 0.416 e. The molecule has 1 spiro atoms. The van der Waals surface area contributed by atoms with Crippen LogP contribution in [0.4, 0.5) is 0 Å². The summed E-state index contributed by atoms with van der Waals surface area (Å²) >= 11 is 0. The lowest BCUT2D eigenvalue weighted by Gasteiger charge is -2.23. The van der Waals surface area contributed by atoms with E-state index in [-0.39, 0.29) is 18.0 Å². The van der Waals surface area contributed by atoms with Crippen molar-refractivity contribution in [2.24, 2.45) is 0 Å². The third-order valence-electron chi connectivity index (χ3n) is 4.31. The number of aliphatic hydroxyl groups excluding tert-OH is 1. The minimum atomic E-state index is -1.60. The number of ether oxygens (including phenoxy) is 4. The van der Waals surface area contributed by atoms with Gasteiger partial charge in [0.15, 0.2) is 6.10 Å². The van der Waals surface area contributed by atoms with Crippen molar-refractivity contribution in [1.82, 2.24) is 15.0 Å². The summed E-state index contributed by atoms with van der Waals surface area (Å²) < 4.78 is 22.3. The predicted octanol–water partition coefficient (Wildman–Crippen LogP) is 1.07. The molecule has 0 radical (unpaired) electrons. The Bertz CT molecular complexity index is 823. The fourth-order valence-electron chi connectivity index (χ4n) is 3.39. The van der Waals surface area contributed by atoms with Crippen LogP contribution in [-0.2, 0) is 4.74 Å². The van der Waals surface area contributed by atoms with Crippen molar-refractivity contribution in [2.45, 2.75) is 38.6 Å². The van der Waals surface area contributed by atoms with E-state index in [0.717, 1.165) is 16.7 Å². The summed E-state index contributed by atoms with van der Waals surface area (Å²) in [6.45, 7) is 5.85. The zero-order chi connectivity index (χ0) is 16.0. The summed E-state index contributed by atoms with van der Waals surface area (Å²) in [5.74, 6) is -3.16. The number of rotatable bonds is 2. The van der Waals surface area contributed by atoms with E-state index in [4.69, 9.17) is 18.9 Å². The molecule has 0 amide bonds. The Morgan fingerprint density at radius 2 is 1.43 bits per heavy atom. The first kappa shape index (κ1) is 13.0. The molecule has 1 aromatic carbocycles. The molecular weight excluding hydrogens is 302 g/mol. The normalized spacial score (nSPS) is 29.9. The molecule has 1 aromatic heterocycles. The van der Waals surface area contributed by atoms with Crippen LogP contribution in [0.2, 0.25) is 0 Å². The minimum Gasteiger partial charge on any atom is -0.416 e. The average Bonchev–Trinajstić information content (AvgIpc) is 3.04. The van der Waals surface area contributed by atoms with Crippen molar-refractivity contribution in [2.75, 3.05) is 0 Å². The zero-order valence-electron chi connectivity index (χ0n) is 12.7. The van der Waals surface area contributed by atoms with Crippen LogP contribution < -0.4 is 14.2 Å². The highest BCUT2D eigenvalue weighted by Gasteiger charge is 2.87. The number of aryl methyl sites for hydroxylation is 3. The molecule has 4 bridgehead atoms. The third-order valence-corrected chi connectivity index (χ3v) is 4.31. The standard InChI is InChI=1S/C15H13N3O5/c1-6-4-7(2)9(8(3)5-6)10(19)14-15(23-14)21-12-16-11(20-14)17-13(18-12)22-15/h4-5,10,19H,1-3H3/t10?,14-/m1/s1. The molecule has 1 fully saturated rings. The fraction of sp³-hybridized carbons (Fsp3) is 0.400. The Hall–Kier alpha value is -2.45. The van der Waals surface area contributed by atoms with Gasteiger partial charge in [0.25, 0.3) is 0 Å². The number of aromatic nitrogens is 3. The number of epoxide rings is 1. The predicted molar refractivity (Wildman–Crippen MR) is 73.9 cm³/mol. The van der Waals surface area contributed by atoms with Gasteiger partial charge in [0.2, 0.25) is 0 Å². The lowest BCUT2D eigenvalue weighted by atomic mass is 9.92. The minimum absolute atomic E-state index is 0.00310. The second kappa shape index (κ2) is 3.72. The highest BCUT2D eigenvalue weighted by molar-refractivity contribution is 5.42. The summed E-state index contributed by atoms with van der Waals surface area (Å²) in [7, 11) is 0. The highest BCUT2D eigenvalue weighted by atomic mass is 17.0. The lowest BCUT2D eigenvalue weighted by Crippen LogP contribution is -2.45. The van der Waals surface area contributed by atoms with Crippen molar-refractivity contribution < 1.29 is 24.1 Å². The van der Waals surface area contributed by atoms with Gasteiger partial charge in [0, 0.05) is 0 Å². The van der Waals surface area contributed by atoms with Crippen LogP contribution >= 0.6 is 0 Å². The number of aliphatic hydroxyl groups is 1. The van der Waals surface area contributed by atoms with Crippen molar-refractivity contribution in [1.29, 1.82) is 0 Å². The van der Waals surface area contributed by atoms with Crippen LogP contribution in [0.3, 0.4) is 0 Å². The Balaban J connectivity index is 1.63. The first-order valence-corrected chi connectivity index (χ1v) is 7.21. The van der Waals surface area contributed by atoms with E-state index in [9.17, 15) is 5.11 Å². The maximum atomic E-state index is 11.0. The molecule has 2 aromatic rings. The van der Waals surface area contributed by atoms with Crippen LogP contribution in [0.1, 0.15) is 28.4 Å². The maximum Gasteiger partial charge on any atom is 0.453 e. The van der Waals surface area contributed by atoms with Gasteiger partial charge in [-0.15, -0.1) is 15.0 Å². The molecular formula is C15H13N3O5. The molecule has 4 aliphatic rings. The van der Waals surface area contributed by atoms with Crippen LogP contribution in [-0.4, -0.2) is 31.8 Å². The Morgan fingerprint density at radius 3 is 2.00 bits per heavy atom. The molecule has 1 N–H and O–H groups in total. The van der Waals surface area contributed by atoms with Gasteiger partial charge >= 0.3 is 29.8 Å². The summed E-state index contributed by atoms with van der Waals surface area (Å²) in [6.07, 6.45) is -1.14.